The number of aromatic nitrogens is 2. The minimum atomic E-state index is -0.806. The highest BCUT2D eigenvalue weighted by molar-refractivity contribution is 9.10. The van der Waals surface area contributed by atoms with E-state index in [0.29, 0.717) is 11.3 Å². The van der Waals surface area contributed by atoms with Crippen molar-refractivity contribution < 1.29 is 9.90 Å². The van der Waals surface area contributed by atoms with Gasteiger partial charge in [-0.2, -0.15) is 0 Å². The Labute approximate surface area is 94.7 Å². The molecule has 0 spiro atoms. The fourth-order valence-corrected chi connectivity index (χ4v) is 2.03. The third-order valence-corrected chi connectivity index (χ3v) is 2.76. The lowest BCUT2D eigenvalue weighted by molar-refractivity contribution is -0.137. The number of carbonyl (C=O) groups is 1. The molecule has 0 aliphatic carbocycles. The number of fused-ring (bicyclic) bond motifs is 1. The molecule has 0 amide bonds. The van der Waals surface area contributed by atoms with Gasteiger partial charge >= 0.3 is 5.97 Å². The smallest absolute Gasteiger partial charge is 0.305 e. The number of aliphatic carboxylic acids is 1. The Hall–Kier alpha value is -1.36. The standard InChI is InChI=1S/C10H9BrN2O2/c11-10-12-7-3-1-2-4-8(7)13(10)6-5-9(14)15/h1-4H,5-6H2,(H,14,15). The van der Waals surface area contributed by atoms with Gasteiger partial charge in [-0.1, -0.05) is 12.1 Å². The van der Waals surface area contributed by atoms with Crippen LogP contribution in [0.5, 0.6) is 0 Å². The maximum absolute atomic E-state index is 10.5. The highest BCUT2D eigenvalue weighted by atomic mass is 79.9. The fraction of sp³-hybridized carbons (Fsp3) is 0.200. The summed E-state index contributed by atoms with van der Waals surface area (Å²) in [4.78, 5) is 14.8. The molecule has 0 bridgehead atoms. The number of nitrogens with zero attached hydrogens (tertiary/aromatic N) is 2. The molecule has 2 rings (SSSR count). The summed E-state index contributed by atoms with van der Waals surface area (Å²) in [7, 11) is 0. The lowest BCUT2D eigenvalue weighted by Gasteiger charge is -2.02. The molecule has 0 saturated heterocycles. The first kappa shape index (κ1) is 10.2. The van der Waals surface area contributed by atoms with Crippen molar-refractivity contribution in [3.63, 3.8) is 0 Å². The summed E-state index contributed by atoms with van der Waals surface area (Å²) < 4.78 is 2.52. The first-order valence-electron chi connectivity index (χ1n) is 4.51. The minimum absolute atomic E-state index is 0.0962. The van der Waals surface area contributed by atoms with Crippen molar-refractivity contribution >= 4 is 32.9 Å². The predicted molar refractivity (Wildman–Crippen MR) is 59.7 cm³/mol. The van der Waals surface area contributed by atoms with Crippen molar-refractivity contribution in [2.24, 2.45) is 0 Å². The number of imidazole rings is 1. The van der Waals surface area contributed by atoms with Gasteiger partial charge in [0.25, 0.3) is 0 Å². The summed E-state index contributed by atoms with van der Waals surface area (Å²) in [6.07, 6.45) is 0.0962. The van der Waals surface area contributed by atoms with E-state index < -0.39 is 5.97 Å². The summed E-state index contributed by atoms with van der Waals surface area (Å²) >= 11 is 3.32. The normalized spacial score (nSPS) is 10.7. The Balaban J connectivity index is 2.40. The van der Waals surface area contributed by atoms with Gasteiger partial charge in [0, 0.05) is 6.54 Å². The second kappa shape index (κ2) is 4.02. The van der Waals surface area contributed by atoms with Crippen molar-refractivity contribution in [3.05, 3.63) is 29.0 Å². The molecule has 0 aliphatic heterocycles. The van der Waals surface area contributed by atoms with Gasteiger partial charge in [-0.15, -0.1) is 0 Å². The zero-order valence-corrected chi connectivity index (χ0v) is 9.44. The third kappa shape index (κ3) is 2.02. The number of carboxylic acids is 1. The molecule has 1 aromatic carbocycles. The SMILES string of the molecule is O=C(O)CCn1c(Br)nc2ccccc21. The lowest BCUT2D eigenvalue weighted by atomic mass is 10.3. The Morgan fingerprint density at radius 1 is 1.47 bits per heavy atom. The van der Waals surface area contributed by atoms with Crippen LogP contribution in [-0.4, -0.2) is 20.6 Å². The second-order valence-electron chi connectivity index (χ2n) is 3.16. The lowest BCUT2D eigenvalue weighted by Crippen LogP contribution is -2.04. The highest BCUT2D eigenvalue weighted by Crippen LogP contribution is 2.20. The molecule has 1 N–H and O–H groups in total. The van der Waals surface area contributed by atoms with Gasteiger partial charge in [-0.05, 0) is 28.1 Å². The van der Waals surface area contributed by atoms with Gasteiger partial charge < -0.3 is 9.67 Å². The van der Waals surface area contributed by atoms with Gasteiger partial charge in [-0.3, -0.25) is 4.79 Å². The molecule has 1 heterocycles. The molecule has 0 aliphatic rings. The molecular weight excluding hydrogens is 260 g/mol. The summed E-state index contributed by atoms with van der Waals surface area (Å²) in [5.41, 5.74) is 1.82. The number of benzene rings is 1. The molecule has 2 aromatic rings. The number of halogens is 1. The maximum atomic E-state index is 10.5. The van der Waals surface area contributed by atoms with Crippen LogP contribution in [0.2, 0.25) is 0 Å². The van der Waals surface area contributed by atoms with Crippen LogP contribution in [0.4, 0.5) is 0 Å². The molecule has 1 aromatic heterocycles. The first-order valence-corrected chi connectivity index (χ1v) is 5.30. The van der Waals surface area contributed by atoms with Crippen LogP contribution >= 0.6 is 15.9 Å². The van der Waals surface area contributed by atoms with Crippen LogP contribution in [0.1, 0.15) is 6.42 Å². The summed E-state index contributed by atoms with van der Waals surface area (Å²) in [5.74, 6) is -0.806. The van der Waals surface area contributed by atoms with Crippen molar-refractivity contribution in [2.75, 3.05) is 0 Å². The van der Waals surface area contributed by atoms with E-state index in [-0.39, 0.29) is 6.42 Å². The van der Waals surface area contributed by atoms with E-state index in [1.54, 1.807) is 0 Å². The van der Waals surface area contributed by atoms with Gasteiger partial charge in [0.2, 0.25) is 0 Å². The van der Waals surface area contributed by atoms with Crippen LogP contribution in [0.25, 0.3) is 11.0 Å². The highest BCUT2D eigenvalue weighted by Gasteiger charge is 2.08. The Morgan fingerprint density at radius 3 is 2.93 bits per heavy atom. The number of aryl methyl sites for hydroxylation is 1. The van der Waals surface area contributed by atoms with E-state index in [1.807, 2.05) is 28.8 Å². The van der Waals surface area contributed by atoms with E-state index in [4.69, 9.17) is 5.11 Å². The van der Waals surface area contributed by atoms with E-state index in [9.17, 15) is 4.79 Å². The topological polar surface area (TPSA) is 55.1 Å². The van der Waals surface area contributed by atoms with Crippen LogP contribution in [0, 0.1) is 0 Å². The quantitative estimate of drug-likeness (QED) is 0.929. The Kier molecular flexibility index (Phi) is 2.73. The summed E-state index contributed by atoms with van der Waals surface area (Å²) in [6.45, 7) is 0.427. The third-order valence-electron chi connectivity index (χ3n) is 2.16. The van der Waals surface area contributed by atoms with Gasteiger partial charge in [0.1, 0.15) is 0 Å². The van der Waals surface area contributed by atoms with Crippen LogP contribution in [-0.2, 0) is 11.3 Å². The number of hydrogen-bond donors (Lipinski definition) is 1. The monoisotopic (exact) mass is 268 g/mol. The summed E-state index contributed by atoms with van der Waals surface area (Å²) in [5, 5.41) is 8.63. The molecular formula is C10H9BrN2O2. The fourth-order valence-electron chi connectivity index (χ4n) is 1.47. The number of para-hydroxylation sites is 2. The number of hydrogen-bond acceptors (Lipinski definition) is 2. The molecule has 5 heteroatoms. The predicted octanol–water partition coefficient (Wildman–Crippen LogP) is 2.27. The zero-order chi connectivity index (χ0) is 10.8. The van der Waals surface area contributed by atoms with E-state index in [0.717, 1.165) is 11.0 Å². The minimum Gasteiger partial charge on any atom is -0.481 e. The van der Waals surface area contributed by atoms with Crippen LogP contribution in [0.3, 0.4) is 0 Å². The Morgan fingerprint density at radius 2 is 2.20 bits per heavy atom. The van der Waals surface area contributed by atoms with E-state index in [2.05, 4.69) is 20.9 Å². The van der Waals surface area contributed by atoms with Crippen molar-refractivity contribution in [3.8, 4) is 0 Å². The largest absolute Gasteiger partial charge is 0.481 e. The van der Waals surface area contributed by atoms with Crippen LogP contribution < -0.4 is 0 Å². The molecule has 15 heavy (non-hydrogen) atoms. The van der Waals surface area contributed by atoms with Gasteiger partial charge in [0.15, 0.2) is 4.73 Å². The number of carboxylic acid groups (broad SMARTS) is 1. The molecule has 0 radical (unpaired) electrons. The molecule has 0 atom stereocenters. The summed E-state index contributed by atoms with van der Waals surface area (Å²) in [6, 6.07) is 7.64. The molecule has 4 nitrogen and oxygen atoms in total. The first-order chi connectivity index (χ1) is 7.18. The van der Waals surface area contributed by atoms with Crippen molar-refractivity contribution in [1.29, 1.82) is 0 Å². The molecule has 0 saturated carbocycles. The van der Waals surface area contributed by atoms with E-state index in [1.165, 1.54) is 0 Å². The van der Waals surface area contributed by atoms with Crippen LogP contribution in [0.15, 0.2) is 29.0 Å². The van der Waals surface area contributed by atoms with E-state index >= 15 is 0 Å². The Bertz CT molecular complexity index is 507. The second-order valence-corrected chi connectivity index (χ2v) is 3.87. The van der Waals surface area contributed by atoms with Crippen molar-refractivity contribution in [2.45, 2.75) is 13.0 Å². The number of rotatable bonds is 3. The maximum Gasteiger partial charge on any atom is 0.305 e. The average Bonchev–Trinajstić information content (AvgIpc) is 2.50. The van der Waals surface area contributed by atoms with Gasteiger partial charge in [0.05, 0.1) is 17.5 Å². The van der Waals surface area contributed by atoms with Crippen molar-refractivity contribution in [1.82, 2.24) is 9.55 Å². The zero-order valence-electron chi connectivity index (χ0n) is 7.85. The molecule has 0 unspecified atom stereocenters. The molecule has 78 valence electrons. The average molecular weight is 269 g/mol. The molecule has 0 fully saturated rings. The van der Waals surface area contributed by atoms with Gasteiger partial charge in [-0.25, -0.2) is 4.98 Å².